The van der Waals surface area contributed by atoms with Gasteiger partial charge in [0.2, 0.25) is 10.0 Å². The molecule has 0 aromatic heterocycles. The minimum atomic E-state index is -3.35. The van der Waals surface area contributed by atoms with E-state index in [0.717, 1.165) is 23.6 Å². The van der Waals surface area contributed by atoms with Crippen LogP contribution < -0.4 is 10.0 Å². The summed E-state index contributed by atoms with van der Waals surface area (Å²) in [5, 5.41) is 3.38. The molecule has 1 aromatic rings. The molecule has 4 nitrogen and oxygen atoms in total. The predicted molar refractivity (Wildman–Crippen MR) is 88.0 cm³/mol. The van der Waals surface area contributed by atoms with Crippen LogP contribution in [0.2, 0.25) is 0 Å². The molecule has 0 aliphatic heterocycles. The Labute approximate surface area is 126 Å². The summed E-state index contributed by atoms with van der Waals surface area (Å²) < 4.78 is 26.1. The normalized spacial score (nSPS) is 13.2. The minimum Gasteiger partial charge on any atom is -0.383 e. The van der Waals surface area contributed by atoms with E-state index in [9.17, 15) is 8.42 Å². The highest BCUT2D eigenvalue weighted by molar-refractivity contribution is 7.99. The van der Waals surface area contributed by atoms with Crippen LogP contribution >= 0.6 is 11.8 Å². The van der Waals surface area contributed by atoms with E-state index in [1.54, 1.807) is 19.1 Å². The fraction of sp³-hybridized carbons (Fsp3) is 0.571. The minimum absolute atomic E-state index is 0.305. The lowest BCUT2D eigenvalue weighted by Crippen LogP contribution is -2.23. The first kappa shape index (κ1) is 17.3. The molecule has 1 unspecified atom stereocenters. The van der Waals surface area contributed by atoms with E-state index in [1.165, 1.54) is 0 Å². The fourth-order valence-corrected chi connectivity index (χ4v) is 3.61. The Morgan fingerprint density at radius 3 is 2.40 bits per heavy atom. The second-order valence-electron chi connectivity index (χ2n) is 4.56. The average molecular weight is 316 g/mol. The van der Waals surface area contributed by atoms with Crippen LogP contribution in [-0.2, 0) is 10.0 Å². The Balaban J connectivity index is 2.58. The summed E-state index contributed by atoms with van der Waals surface area (Å²) in [5.74, 6) is 2.28. The summed E-state index contributed by atoms with van der Waals surface area (Å²) in [6.45, 7) is 6.46. The van der Waals surface area contributed by atoms with Crippen molar-refractivity contribution in [2.24, 2.45) is 0 Å². The molecule has 1 atom stereocenters. The number of nitrogens with one attached hydrogen (secondary N) is 2. The summed E-state index contributed by atoms with van der Waals surface area (Å²) in [6, 6.07) is 7.27. The molecule has 114 valence electrons. The van der Waals surface area contributed by atoms with E-state index in [2.05, 4.69) is 23.9 Å². The molecule has 6 heteroatoms. The van der Waals surface area contributed by atoms with Crippen molar-refractivity contribution in [3.8, 4) is 0 Å². The Morgan fingerprint density at radius 1 is 1.20 bits per heavy atom. The van der Waals surface area contributed by atoms with Crippen molar-refractivity contribution in [3.63, 3.8) is 0 Å². The molecule has 0 amide bonds. The van der Waals surface area contributed by atoms with Gasteiger partial charge in [0.1, 0.15) is 0 Å². The zero-order valence-electron chi connectivity index (χ0n) is 12.3. The molecule has 0 radical (unpaired) electrons. The van der Waals surface area contributed by atoms with Crippen LogP contribution in [0.15, 0.2) is 29.2 Å². The zero-order valence-corrected chi connectivity index (χ0v) is 14.0. The Morgan fingerprint density at radius 2 is 1.85 bits per heavy atom. The number of hydrogen-bond acceptors (Lipinski definition) is 4. The predicted octanol–water partition coefficient (Wildman–Crippen LogP) is 2.93. The second kappa shape index (κ2) is 8.54. The summed E-state index contributed by atoms with van der Waals surface area (Å²) in [5.41, 5.74) is 0.953. The van der Waals surface area contributed by atoms with Crippen LogP contribution in [0, 0.1) is 0 Å². The summed E-state index contributed by atoms with van der Waals surface area (Å²) in [7, 11) is -3.35. The number of sulfonamides is 1. The molecule has 20 heavy (non-hydrogen) atoms. The number of thioether (sulfide) groups is 1. The molecule has 0 bridgehead atoms. The SMILES string of the molecule is CCNS(=O)(=O)c1ccc(NC(C)CCSCC)cc1. The molecule has 0 spiro atoms. The molecule has 1 rings (SSSR count). The number of anilines is 1. The van der Waals surface area contributed by atoms with Gasteiger partial charge in [-0.25, -0.2) is 13.1 Å². The molecule has 0 aliphatic rings. The van der Waals surface area contributed by atoms with Crippen molar-refractivity contribution in [2.75, 3.05) is 23.4 Å². The highest BCUT2D eigenvalue weighted by atomic mass is 32.2. The smallest absolute Gasteiger partial charge is 0.240 e. The lowest BCUT2D eigenvalue weighted by molar-refractivity contribution is 0.584. The van der Waals surface area contributed by atoms with Gasteiger partial charge >= 0.3 is 0 Å². The summed E-state index contributed by atoms with van der Waals surface area (Å²) in [4.78, 5) is 0.305. The van der Waals surface area contributed by atoms with Crippen LogP contribution in [0.5, 0.6) is 0 Å². The van der Waals surface area contributed by atoms with Gasteiger partial charge in [-0.05, 0) is 49.1 Å². The third-order valence-corrected chi connectivity index (χ3v) is 5.31. The molecule has 0 saturated heterocycles. The fourth-order valence-electron chi connectivity index (χ4n) is 1.76. The zero-order chi connectivity index (χ0) is 15.0. The van der Waals surface area contributed by atoms with Gasteiger partial charge in [0, 0.05) is 18.3 Å². The van der Waals surface area contributed by atoms with Gasteiger partial charge in [-0.2, -0.15) is 11.8 Å². The molecule has 0 aliphatic carbocycles. The van der Waals surface area contributed by atoms with E-state index in [0.29, 0.717) is 17.5 Å². The summed E-state index contributed by atoms with van der Waals surface area (Å²) >= 11 is 1.93. The van der Waals surface area contributed by atoms with E-state index in [4.69, 9.17) is 0 Å². The molecule has 1 aromatic carbocycles. The van der Waals surface area contributed by atoms with Crippen LogP contribution in [0.1, 0.15) is 27.2 Å². The molecule has 2 N–H and O–H groups in total. The third kappa shape index (κ3) is 5.73. The molecule has 0 fully saturated rings. The molecule has 0 saturated carbocycles. The van der Waals surface area contributed by atoms with Gasteiger partial charge in [0.25, 0.3) is 0 Å². The van der Waals surface area contributed by atoms with Gasteiger partial charge in [-0.3, -0.25) is 0 Å². The Hall–Kier alpha value is -0.720. The van der Waals surface area contributed by atoms with Crippen molar-refractivity contribution >= 4 is 27.5 Å². The van der Waals surface area contributed by atoms with Gasteiger partial charge in [-0.15, -0.1) is 0 Å². The third-order valence-electron chi connectivity index (χ3n) is 2.81. The highest BCUT2D eigenvalue weighted by Gasteiger charge is 2.12. The Bertz CT molecular complexity index is 486. The van der Waals surface area contributed by atoms with Crippen molar-refractivity contribution in [2.45, 2.75) is 38.1 Å². The summed E-state index contributed by atoms with van der Waals surface area (Å²) in [6.07, 6.45) is 1.09. The maximum atomic E-state index is 11.8. The van der Waals surface area contributed by atoms with E-state index in [-0.39, 0.29) is 0 Å². The standard InChI is InChI=1S/C14H24N2O2S2/c1-4-15-20(17,18)14-8-6-13(7-9-14)16-12(3)10-11-19-5-2/h6-9,12,15-16H,4-5,10-11H2,1-3H3. The molecular formula is C14H24N2O2S2. The topological polar surface area (TPSA) is 58.2 Å². The number of hydrogen-bond donors (Lipinski definition) is 2. The maximum absolute atomic E-state index is 11.8. The number of rotatable bonds is 9. The molecular weight excluding hydrogens is 292 g/mol. The van der Waals surface area contributed by atoms with Crippen LogP contribution in [0.3, 0.4) is 0 Å². The van der Waals surface area contributed by atoms with Crippen LogP contribution in [0.25, 0.3) is 0 Å². The van der Waals surface area contributed by atoms with Crippen molar-refractivity contribution in [3.05, 3.63) is 24.3 Å². The largest absolute Gasteiger partial charge is 0.383 e. The van der Waals surface area contributed by atoms with E-state index in [1.807, 2.05) is 23.9 Å². The van der Waals surface area contributed by atoms with Crippen molar-refractivity contribution < 1.29 is 8.42 Å². The second-order valence-corrected chi connectivity index (χ2v) is 7.72. The van der Waals surface area contributed by atoms with Gasteiger partial charge in [0.05, 0.1) is 4.90 Å². The first-order chi connectivity index (χ1) is 9.49. The quantitative estimate of drug-likeness (QED) is 0.688. The average Bonchev–Trinajstić information content (AvgIpc) is 2.39. The monoisotopic (exact) mass is 316 g/mol. The van der Waals surface area contributed by atoms with Gasteiger partial charge in [-0.1, -0.05) is 13.8 Å². The number of benzene rings is 1. The van der Waals surface area contributed by atoms with Gasteiger partial charge < -0.3 is 5.32 Å². The lowest BCUT2D eigenvalue weighted by atomic mass is 10.2. The lowest BCUT2D eigenvalue weighted by Gasteiger charge is -2.15. The van der Waals surface area contributed by atoms with Crippen molar-refractivity contribution in [1.82, 2.24) is 4.72 Å². The van der Waals surface area contributed by atoms with E-state index >= 15 is 0 Å². The van der Waals surface area contributed by atoms with Crippen molar-refractivity contribution in [1.29, 1.82) is 0 Å². The molecule has 0 heterocycles. The van der Waals surface area contributed by atoms with Gasteiger partial charge in [0.15, 0.2) is 0 Å². The highest BCUT2D eigenvalue weighted by Crippen LogP contribution is 2.16. The van der Waals surface area contributed by atoms with Crippen LogP contribution in [-0.4, -0.2) is 32.5 Å². The van der Waals surface area contributed by atoms with Crippen LogP contribution in [0.4, 0.5) is 5.69 Å². The maximum Gasteiger partial charge on any atom is 0.240 e. The first-order valence-corrected chi connectivity index (χ1v) is 9.57. The Kier molecular flexibility index (Phi) is 7.40. The van der Waals surface area contributed by atoms with E-state index < -0.39 is 10.0 Å². The first-order valence-electron chi connectivity index (χ1n) is 6.93.